The molecule has 2 saturated heterocycles. The van der Waals surface area contributed by atoms with E-state index >= 15 is 0 Å². The van der Waals surface area contributed by atoms with Crippen molar-refractivity contribution in [2.75, 3.05) is 43.1 Å². The summed E-state index contributed by atoms with van der Waals surface area (Å²) in [4.78, 5) is 11.7. The zero-order chi connectivity index (χ0) is 30.7. The van der Waals surface area contributed by atoms with E-state index < -0.39 is 0 Å². The van der Waals surface area contributed by atoms with Gasteiger partial charge in [0.2, 0.25) is 0 Å². The number of thioether (sulfide) groups is 1. The molecule has 2 aliphatic heterocycles. The van der Waals surface area contributed by atoms with Gasteiger partial charge in [0, 0.05) is 66.8 Å². The summed E-state index contributed by atoms with van der Waals surface area (Å²) in [5, 5.41) is 25.8. The fraction of sp³-hybridized carbons (Fsp3) is 0.357. The molecule has 0 aliphatic carbocycles. The molecular formula is C28H30BrClN14S. The number of nitrogens with two attached hydrogens (primary N) is 1. The van der Waals surface area contributed by atoms with Crippen molar-refractivity contribution in [3.8, 4) is 22.3 Å². The molecule has 17 heteroatoms. The highest BCUT2D eigenvalue weighted by molar-refractivity contribution is 9.10. The van der Waals surface area contributed by atoms with E-state index in [0.29, 0.717) is 28.0 Å². The van der Waals surface area contributed by atoms with Gasteiger partial charge in [-0.05, 0) is 35.3 Å². The topological polar surface area (TPSA) is 158 Å². The molecule has 6 aromatic rings. The summed E-state index contributed by atoms with van der Waals surface area (Å²) in [6.45, 7) is 3.61. The van der Waals surface area contributed by atoms with Crippen molar-refractivity contribution in [2.24, 2.45) is 7.05 Å². The van der Waals surface area contributed by atoms with Gasteiger partial charge in [0.15, 0.2) is 17.1 Å². The molecular weight excluding hydrogens is 680 g/mol. The Hall–Kier alpha value is -3.70. The first-order valence-corrected chi connectivity index (χ1v) is 16.9. The lowest BCUT2D eigenvalue weighted by molar-refractivity contribution is 0.455. The summed E-state index contributed by atoms with van der Waals surface area (Å²) < 4.78 is 5.92. The monoisotopic (exact) mass is 708 g/mol. The Balaban J connectivity index is 1.19. The molecule has 45 heavy (non-hydrogen) atoms. The third-order valence-electron chi connectivity index (χ3n) is 8.31. The molecule has 2 atom stereocenters. The largest absolute Gasteiger partial charge is 0.383 e. The summed E-state index contributed by atoms with van der Waals surface area (Å²) >= 11 is 12.7. The highest BCUT2D eigenvalue weighted by Crippen LogP contribution is 2.39. The van der Waals surface area contributed by atoms with Crippen LogP contribution in [0.1, 0.15) is 35.4 Å². The van der Waals surface area contributed by atoms with Crippen LogP contribution in [0.5, 0.6) is 0 Å². The number of nitrogens with one attached hydrogen (secondary N) is 3. The van der Waals surface area contributed by atoms with Crippen molar-refractivity contribution < 1.29 is 0 Å². The molecule has 14 nitrogen and oxygen atoms in total. The third-order valence-corrected chi connectivity index (χ3v) is 10.7. The van der Waals surface area contributed by atoms with Crippen LogP contribution in [0.3, 0.4) is 0 Å². The van der Waals surface area contributed by atoms with E-state index in [2.05, 4.69) is 52.4 Å². The molecule has 0 saturated carbocycles. The van der Waals surface area contributed by atoms with Gasteiger partial charge in [-0.25, -0.2) is 9.97 Å². The number of anilines is 2. The van der Waals surface area contributed by atoms with Crippen LogP contribution in [-0.2, 0) is 7.05 Å². The predicted molar refractivity (Wildman–Crippen MR) is 178 cm³/mol. The second-order valence-corrected chi connectivity index (χ2v) is 13.7. The average Bonchev–Trinajstić information content (AvgIpc) is 3.87. The van der Waals surface area contributed by atoms with Crippen LogP contribution in [0.25, 0.3) is 33.5 Å². The number of nitrogens with zero attached hydrogens (tertiary/aromatic N) is 10. The minimum atomic E-state index is 0.169. The molecule has 8 rings (SSSR count). The van der Waals surface area contributed by atoms with E-state index in [4.69, 9.17) is 27.3 Å². The minimum Gasteiger partial charge on any atom is -0.383 e. The molecule has 2 fully saturated rings. The second kappa shape index (κ2) is 11.6. The number of aryl methyl sites for hydroxylation is 1. The summed E-state index contributed by atoms with van der Waals surface area (Å²) in [6, 6.07) is 0. The Morgan fingerprint density at radius 1 is 0.933 bits per heavy atom. The van der Waals surface area contributed by atoms with Gasteiger partial charge < -0.3 is 16.4 Å². The number of nitrogen functional groups attached to an aromatic ring is 1. The molecule has 2 aliphatic rings. The van der Waals surface area contributed by atoms with E-state index in [0.717, 1.165) is 82.9 Å². The average molecular weight is 710 g/mol. The van der Waals surface area contributed by atoms with Crippen LogP contribution in [0, 0.1) is 0 Å². The summed E-state index contributed by atoms with van der Waals surface area (Å²) in [5.74, 6) is 2.26. The van der Waals surface area contributed by atoms with Crippen molar-refractivity contribution in [2.45, 2.75) is 24.0 Å². The molecule has 6 aromatic heterocycles. The molecule has 0 amide bonds. The van der Waals surface area contributed by atoms with Crippen LogP contribution in [0.4, 0.5) is 11.6 Å². The number of piperidine rings is 1. The van der Waals surface area contributed by atoms with Crippen LogP contribution >= 0.6 is 39.3 Å². The fourth-order valence-electron chi connectivity index (χ4n) is 6.01. The Morgan fingerprint density at radius 2 is 1.67 bits per heavy atom. The van der Waals surface area contributed by atoms with Crippen molar-refractivity contribution in [3.05, 3.63) is 58.1 Å². The standard InChI is InChI=1S/C28H30BrClN14S/c1-41-13-16(8-34-41)18-11-37-44-27(18)38-23(15-3-2-4-32-7-15)22(30)28(44)40-42-14-17(9-35-42)19-10-36-43-25(31)21(29)24(39-26(19)43)20-12-33-5-6-45-20/h8-11,13-15,20,32-33,40H,2-7,12,31H2,1H3. The lowest BCUT2D eigenvalue weighted by Crippen LogP contribution is -2.29. The molecule has 232 valence electrons. The van der Waals surface area contributed by atoms with E-state index in [-0.39, 0.29) is 11.2 Å². The van der Waals surface area contributed by atoms with E-state index in [1.807, 2.05) is 37.4 Å². The Labute approximate surface area is 275 Å². The zero-order valence-corrected chi connectivity index (χ0v) is 27.4. The maximum absolute atomic E-state index is 7.12. The van der Waals surface area contributed by atoms with E-state index in [1.165, 1.54) is 0 Å². The smallest absolute Gasteiger partial charge is 0.170 e. The zero-order valence-electron chi connectivity index (χ0n) is 24.3. The number of rotatable bonds is 6. The normalized spacial score (nSPS) is 19.1. The number of fused-ring (bicyclic) bond motifs is 2. The van der Waals surface area contributed by atoms with Gasteiger partial charge in [0.25, 0.3) is 0 Å². The SMILES string of the molecule is Cn1cc(-c2cnn3c(Nn4cc(-c5cnn6c(N)c(Br)c(C7CNCCS7)nc56)cn4)c(Cl)c(C4CCCNC4)nc23)cn1. The highest BCUT2D eigenvalue weighted by atomic mass is 79.9. The first-order valence-electron chi connectivity index (χ1n) is 14.7. The lowest BCUT2D eigenvalue weighted by atomic mass is 9.95. The minimum absolute atomic E-state index is 0.169. The first kappa shape index (κ1) is 28.8. The Bertz CT molecular complexity index is 2030. The number of aromatic nitrogens is 10. The number of hydrogen-bond donors (Lipinski definition) is 4. The molecule has 0 spiro atoms. The van der Waals surface area contributed by atoms with Crippen molar-refractivity contribution >= 4 is 62.2 Å². The van der Waals surface area contributed by atoms with Crippen molar-refractivity contribution in [1.29, 1.82) is 0 Å². The van der Waals surface area contributed by atoms with Crippen molar-refractivity contribution in [1.82, 2.24) is 59.5 Å². The first-order chi connectivity index (χ1) is 22.0. The number of halogens is 2. The molecule has 0 bridgehead atoms. The van der Waals surface area contributed by atoms with Gasteiger partial charge in [0.05, 0.1) is 52.1 Å². The van der Waals surface area contributed by atoms with Gasteiger partial charge in [-0.15, -0.1) is 11.8 Å². The fourth-order valence-corrected chi connectivity index (χ4v) is 8.12. The van der Waals surface area contributed by atoms with Gasteiger partial charge in [-0.1, -0.05) is 11.6 Å². The third kappa shape index (κ3) is 5.04. The second-order valence-electron chi connectivity index (χ2n) is 11.2. The summed E-state index contributed by atoms with van der Waals surface area (Å²) in [7, 11) is 1.89. The maximum Gasteiger partial charge on any atom is 0.170 e. The summed E-state index contributed by atoms with van der Waals surface area (Å²) in [5.41, 5.74) is 16.4. The van der Waals surface area contributed by atoms with Crippen LogP contribution in [0.15, 0.2) is 41.7 Å². The molecule has 8 heterocycles. The molecule has 2 unspecified atom stereocenters. The van der Waals surface area contributed by atoms with Crippen LogP contribution in [-0.4, -0.2) is 80.8 Å². The van der Waals surface area contributed by atoms with Gasteiger partial charge in [-0.2, -0.15) is 34.2 Å². The van der Waals surface area contributed by atoms with E-state index in [9.17, 15) is 0 Å². The maximum atomic E-state index is 7.12. The highest BCUT2D eigenvalue weighted by Gasteiger charge is 2.27. The Morgan fingerprint density at radius 3 is 2.40 bits per heavy atom. The van der Waals surface area contributed by atoms with Crippen LogP contribution < -0.4 is 21.8 Å². The molecule has 0 radical (unpaired) electrons. The van der Waals surface area contributed by atoms with Crippen LogP contribution in [0.2, 0.25) is 5.02 Å². The quantitative estimate of drug-likeness (QED) is 0.200. The van der Waals surface area contributed by atoms with E-state index in [1.54, 1.807) is 37.1 Å². The van der Waals surface area contributed by atoms with Crippen molar-refractivity contribution in [3.63, 3.8) is 0 Å². The lowest BCUT2D eigenvalue weighted by Gasteiger charge is -2.24. The molecule has 0 aromatic carbocycles. The van der Waals surface area contributed by atoms with Gasteiger partial charge >= 0.3 is 0 Å². The predicted octanol–water partition coefficient (Wildman–Crippen LogP) is 3.75. The number of hydrogen-bond acceptors (Lipinski definition) is 11. The van der Waals surface area contributed by atoms with Gasteiger partial charge in [-0.3, -0.25) is 10.1 Å². The summed E-state index contributed by atoms with van der Waals surface area (Å²) in [6.07, 6.45) is 13.0. The molecule has 5 N–H and O–H groups in total. The Kier molecular flexibility index (Phi) is 7.40. The van der Waals surface area contributed by atoms with Gasteiger partial charge in [0.1, 0.15) is 10.8 Å².